The molecule has 0 saturated heterocycles. The predicted octanol–water partition coefficient (Wildman–Crippen LogP) is 13.5. The second kappa shape index (κ2) is 18.1. The quantitative estimate of drug-likeness (QED) is 0.139. The molecular formula is C58H42F6N14. The molecule has 0 bridgehead atoms. The first-order chi connectivity index (χ1) is 37.1. The molecule has 6 aromatic carbocycles. The number of rotatable bonds is 7. The van der Waals surface area contributed by atoms with Crippen molar-refractivity contribution in [2.75, 3.05) is 0 Å². The lowest BCUT2D eigenvalue weighted by Crippen LogP contribution is -2.13. The van der Waals surface area contributed by atoms with E-state index in [0.29, 0.717) is 136 Å². The van der Waals surface area contributed by atoms with Crippen LogP contribution in [-0.2, 0) is 12.4 Å². The van der Waals surface area contributed by atoms with Gasteiger partial charge in [0.2, 0.25) is 0 Å². The Morgan fingerprint density at radius 2 is 0.628 bits per heavy atom. The van der Waals surface area contributed by atoms with E-state index >= 15 is 13.2 Å². The molecule has 0 amide bonds. The van der Waals surface area contributed by atoms with Crippen molar-refractivity contribution >= 4 is 43.6 Å². The normalized spacial score (nSPS) is 12.2. The van der Waals surface area contributed by atoms with Crippen LogP contribution in [-0.4, -0.2) is 68.9 Å². The third kappa shape index (κ3) is 8.77. The Hall–Kier alpha value is -9.46. The van der Waals surface area contributed by atoms with Crippen LogP contribution in [0.2, 0.25) is 0 Å². The van der Waals surface area contributed by atoms with Gasteiger partial charge in [-0.2, -0.15) is 26.3 Å². The lowest BCUT2D eigenvalue weighted by Gasteiger charge is -2.23. The van der Waals surface area contributed by atoms with Gasteiger partial charge in [-0.1, -0.05) is 60.7 Å². The molecule has 0 aliphatic heterocycles. The molecule has 0 N–H and O–H groups in total. The van der Waals surface area contributed by atoms with Gasteiger partial charge in [-0.05, 0) is 109 Å². The highest BCUT2D eigenvalue weighted by Gasteiger charge is 2.38. The molecule has 0 saturated carbocycles. The van der Waals surface area contributed by atoms with Crippen LogP contribution in [0.4, 0.5) is 26.3 Å². The number of hydrogen-bond donors (Lipinski definition) is 0. The number of alkyl halides is 6. The van der Waals surface area contributed by atoms with Gasteiger partial charge >= 0.3 is 12.4 Å². The third-order valence-electron chi connectivity index (χ3n) is 13.4. The van der Waals surface area contributed by atoms with E-state index in [-0.39, 0.29) is 22.5 Å². The SMILES string of the molecule is Cc1nc(C)nc(-c2ccc3c4ccc(-c5nc(C)nc(C)n5)cc4n(-c4cc(C(F)(F)F)c(-n5c6cc(-c7nc(C)nc(C)n7)ccc6c6ccc(-c7nc(C)nc(C)n7)cc65)cc4-c4cccc(C(F)(F)F)c4)c3c2)n1. The average molecular weight is 1050 g/mol. The van der Waals surface area contributed by atoms with Gasteiger partial charge < -0.3 is 9.13 Å². The molecule has 12 aromatic rings. The number of fused-ring (bicyclic) bond motifs is 6. The minimum absolute atomic E-state index is 0.0149. The van der Waals surface area contributed by atoms with E-state index in [1.807, 2.05) is 24.3 Å². The molecule has 0 atom stereocenters. The number of benzene rings is 6. The summed E-state index contributed by atoms with van der Waals surface area (Å²) in [7, 11) is 0. The molecule has 386 valence electrons. The summed E-state index contributed by atoms with van der Waals surface area (Å²) >= 11 is 0. The summed E-state index contributed by atoms with van der Waals surface area (Å²) in [6.45, 7) is 13.8. The standard InChI is InChI=1S/C58H42F6N14/c1-27-65-28(2)70-53(69-27)36-12-16-41-42-17-13-37(54-71-29(3)66-30(4)72-54)22-48(42)77(47(41)21-36)51-26-46(58(62,63)64)52(25-45(51)35-10-9-11-40(20-35)57(59,60)61)78-49-23-38(55-73-31(5)67-32(6)74-55)14-18-43(49)44-19-15-39(24-50(44)78)56-75-33(7)68-34(8)76-56/h9-26H,1-8H3. The number of hydrogen-bond acceptors (Lipinski definition) is 12. The fourth-order valence-corrected chi connectivity index (χ4v) is 10.4. The summed E-state index contributed by atoms with van der Waals surface area (Å²) < 4.78 is 98.1. The highest BCUT2D eigenvalue weighted by molar-refractivity contribution is 6.13. The summed E-state index contributed by atoms with van der Waals surface area (Å²) in [5.41, 5.74) is 0.908. The second-order valence-corrected chi connectivity index (χ2v) is 19.1. The molecule has 20 heteroatoms. The topological polar surface area (TPSA) is 165 Å². The fourth-order valence-electron chi connectivity index (χ4n) is 10.4. The molecule has 0 radical (unpaired) electrons. The molecule has 0 fully saturated rings. The molecule has 0 spiro atoms. The van der Waals surface area contributed by atoms with Crippen molar-refractivity contribution in [2.45, 2.75) is 67.7 Å². The van der Waals surface area contributed by atoms with Crippen molar-refractivity contribution in [1.82, 2.24) is 68.9 Å². The first-order valence-corrected chi connectivity index (χ1v) is 24.5. The van der Waals surface area contributed by atoms with Gasteiger partial charge in [0.05, 0.1) is 44.6 Å². The molecule has 6 aromatic heterocycles. The maximum Gasteiger partial charge on any atom is 0.418 e. The number of halogens is 6. The minimum atomic E-state index is -5.09. The van der Waals surface area contributed by atoms with Crippen molar-refractivity contribution in [3.8, 4) is 68.1 Å². The van der Waals surface area contributed by atoms with Gasteiger partial charge in [-0.25, -0.2) is 59.8 Å². The molecule has 0 aliphatic carbocycles. The van der Waals surface area contributed by atoms with E-state index in [0.717, 1.165) is 18.2 Å². The Morgan fingerprint density at radius 1 is 0.308 bits per heavy atom. The predicted molar refractivity (Wildman–Crippen MR) is 284 cm³/mol. The summed E-state index contributed by atoms with van der Waals surface area (Å²) in [5, 5.41) is 2.37. The Kier molecular flexibility index (Phi) is 11.5. The van der Waals surface area contributed by atoms with Gasteiger partial charge in [-0.15, -0.1) is 0 Å². The zero-order chi connectivity index (χ0) is 54.7. The summed E-state index contributed by atoms with van der Waals surface area (Å²) in [6.07, 6.45) is -9.91. The largest absolute Gasteiger partial charge is 0.418 e. The Bertz CT molecular complexity index is 4190. The van der Waals surface area contributed by atoms with Crippen LogP contribution < -0.4 is 0 Å². The number of aryl methyl sites for hydroxylation is 8. The van der Waals surface area contributed by atoms with Crippen LogP contribution >= 0.6 is 0 Å². The Morgan fingerprint density at radius 3 is 0.936 bits per heavy atom. The molecule has 0 aliphatic rings. The van der Waals surface area contributed by atoms with E-state index in [4.69, 9.17) is 0 Å². The number of nitrogens with zero attached hydrogens (tertiary/aromatic N) is 14. The second-order valence-electron chi connectivity index (χ2n) is 19.1. The smallest absolute Gasteiger partial charge is 0.309 e. The Labute approximate surface area is 440 Å². The van der Waals surface area contributed by atoms with Gasteiger partial charge in [0.1, 0.15) is 46.6 Å². The maximum absolute atomic E-state index is 16.8. The van der Waals surface area contributed by atoms with Crippen LogP contribution in [0.1, 0.15) is 57.7 Å². The zero-order valence-electron chi connectivity index (χ0n) is 42.9. The number of aromatic nitrogens is 14. The summed E-state index contributed by atoms with van der Waals surface area (Å²) in [5.74, 6) is 4.76. The van der Waals surface area contributed by atoms with Crippen molar-refractivity contribution in [1.29, 1.82) is 0 Å². The summed E-state index contributed by atoms with van der Waals surface area (Å²) in [4.78, 5) is 54.1. The van der Waals surface area contributed by atoms with E-state index < -0.39 is 23.5 Å². The monoisotopic (exact) mass is 1050 g/mol. The first kappa shape index (κ1) is 49.4. The van der Waals surface area contributed by atoms with E-state index in [9.17, 15) is 13.2 Å². The summed E-state index contributed by atoms with van der Waals surface area (Å²) in [6, 6.07) is 28.3. The van der Waals surface area contributed by atoms with Crippen molar-refractivity contribution in [3.63, 3.8) is 0 Å². The van der Waals surface area contributed by atoms with Crippen LogP contribution in [0.3, 0.4) is 0 Å². The van der Waals surface area contributed by atoms with E-state index in [1.54, 1.807) is 108 Å². The highest BCUT2D eigenvalue weighted by Crippen LogP contribution is 2.47. The Balaban J connectivity index is 1.24. The molecule has 12 rings (SSSR count). The first-order valence-electron chi connectivity index (χ1n) is 24.5. The van der Waals surface area contributed by atoms with E-state index in [1.165, 1.54) is 22.8 Å². The molecule has 78 heavy (non-hydrogen) atoms. The lowest BCUT2D eigenvalue weighted by atomic mass is 9.97. The molecule has 0 unspecified atom stereocenters. The zero-order valence-corrected chi connectivity index (χ0v) is 42.9. The maximum atomic E-state index is 16.8. The lowest BCUT2D eigenvalue weighted by molar-refractivity contribution is -0.138. The van der Waals surface area contributed by atoms with Gasteiger partial charge in [0.25, 0.3) is 0 Å². The molecule has 14 nitrogen and oxygen atoms in total. The van der Waals surface area contributed by atoms with Crippen molar-refractivity contribution < 1.29 is 26.3 Å². The molecule has 6 heterocycles. The van der Waals surface area contributed by atoms with Crippen LogP contribution in [0.15, 0.2) is 109 Å². The highest BCUT2D eigenvalue weighted by atomic mass is 19.4. The van der Waals surface area contributed by atoms with Crippen molar-refractivity contribution in [2.24, 2.45) is 0 Å². The van der Waals surface area contributed by atoms with Crippen molar-refractivity contribution in [3.05, 3.63) is 167 Å². The van der Waals surface area contributed by atoms with Crippen LogP contribution in [0, 0.1) is 55.4 Å². The van der Waals surface area contributed by atoms with Crippen LogP contribution in [0.5, 0.6) is 0 Å². The van der Waals surface area contributed by atoms with Gasteiger partial charge in [0.15, 0.2) is 23.3 Å². The average Bonchev–Trinajstić information content (AvgIpc) is 3.95. The van der Waals surface area contributed by atoms with Gasteiger partial charge in [-0.3, -0.25) is 0 Å². The fraction of sp³-hybridized carbons (Fsp3) is 0.172. The van der Waals surface area contributed by atoms with Crippen LogP contribution in [0.25, 0.3) is 112 Å². The van der Waals surface area contributed by atoms with Gasteiger partial charge in [0, 0.05) is 49.4 Å². The van der Waals surface area contributed by atoms with E-state index in [2.05, 4.69) is 59.8 Å². The third-order valence-corrected chi connectivity index (χ3v) is 13.4. The molecular weight excluding hydrogens is 1010 g/mol. The minimum Gasteiger partial charge on any atom is -0.309 e.